The highest BCUT2D eigenvalue weighted by Crippen LogP contribution is 2.21. The first-order valence-corrected chi connectivity index (χ1v) is 9.14. The van der Waals surface area contributed by atoms with Gasteiger partial charge in [-0.3, -0.25) is 4.99 Å². The maximum atomic E-state index is 13.9. The third-order valence-electron chi connectivity index (χ3n) is 4.39. The maximum Gasteiger partial charge on any atom is 0.191 e. The zero-order valence-corrected chi connectivity index (χ0v) is 15.9. The lowest BCUT2D eigenvalue weighted by atomic mass is 10.1. The second-order valence-corrected chi connectivity index (χ2v) is 6.30. The van der Waals surface area contributed by atoms with Crippen LogP contribution in [0.25, 0.3) is 0 Å². The summed E-state index contributed by atoms with van der Waals surface area (Å²) >= 11 is 0. The van der Waals surface area contributed by atoms with Gasteiger partial charge in [0, 0.05) is 33.4 Å². The van der Waals surface area contributed by atoms with Crippen molar-refractivity contribution >= 4 is 5.96 Å². The van der Waals surface area contributed by atoms with Crippen molar-refractivity contribution in [3.05, 3.63) is 29.6 Å². The third-order valence-corrected chi connectivity index (χ3v) is 4.39. The van der Waals surface area contributed by atoms with Gasteiger partial charge in [0.1, 0.15) is 0 Å². The molecule has 2 N–H and O–H groups in total. The minimum atomic E-state index is -0.369. The lowest BCUT2D eigenvalue weighted by Crippen LogP contribution is -2.39. The summed E-state index contributed by atoms with van der Waals surface area (Å²) in [4.78, 5) is 4.22. The molecule has 146 valence electrons. The minimum absolute atomic E-state index is 0.0832. The van der Waals surface area contributed by atoms with E-state index in [4.69, 9.17) is 14.2 Å². The molecule has 1 heterocycles. The molecule has 1 aliphatic heterocycles. The molecule has 0 saturated carbocycles. The van der Waals surface area contributed by atoms with E-state index in [9.17, 15) is 4.39 Å². The molecule has 1 unspecified atom stereocenters. The van der Waals surface area contributed by atoms with Gasteiger partial charge in [-0.25, -0.2) is 4.39 Å². The standard InChI is InChI=1S/C19H30FN3O3/c1-14(15-5-6-18(24-3)17(20)13-15)23-19(21-2)22-9-4-10-26-16-7-11-25-12-8-16/h5-6,13-14,16H,4,7-12H2,1-3H3,(H2,21,22,23). The summed E-state index contributed by atoms with van der Waals surface area (Å²) in [5, 5.41) is 6.52. The van der Waals surface area contributed by atoms with Crippen molar-refractivity contribution in [2.24, 2.45) is 4.99 Å². The Morgan fingerprint density at radius 3 is 2.81 bits per heavy atom. The average molecular weight is 367 g/mol. The Morgan fingerprint density at radius 2 is 2.15 bits per heavy atom. The second kappa shape index (κ2) is 11.0. The largest absolute Gasteiger partial charge is 0.494 e. The van der Waals surface area contributed by atoms with E-state index in [1.165, 1.54) is 13.2 Å². The van der Waals surface area contributed by atoms with Crippen LogP contribution in [0.5, 0.6) is 5.75 Å². The van der Waals surface area contributed by atoms with Gasteiger partial charge in [0.05, 0.1) is 19.3 Å². The number of guanidine groups is 1. The van der Waals surface area contributed by atoms with Crippen molar-refractivity contribution < 1.29 is 18.6 Å². The Hall–Kier alpha value is -1.86. The van der Waals surface area contributed by atoms with Crippen molar-refractivity contribution in [3.63, 3.8) is 0 Å². The van der Waals surface area contributed by atoms with Crippen LogP contribution in [-0.2, 0) is 9.47 Å². The summed E-state index contributed by atoms with van der Waals surface area (Å²) in [6.45, 7) is 5.02. The predicted molar refractivity (Wildman–Crippen MR) is 100 cm³/mol. The first-order chi connectivity index (χ1) is 12.6. The SMILES string of the molecule is CN=C(NCCCOC1CCOCC1)NC(C)c1ccc(OC)c(F)c1. The summed E-state index contributed by atoms with van der Waals surface area (Å²) < 4.78 is 30.0. The van der Waals surface area contributed by atoms with E-state index in [0.717, 1.165) is 44.6 Å². The summed E-state index contributed by atoms with van der Waals surface area (Å²) in [6.07, 6.45) is 3.18. The number of ether oxygens (including phenoxy) is 3. The second-order valence-electron chi connectivity index (χ2n) is 6.30. The fourth-order valence-electron chi connectivity index (χ4n) is 2.81. The van der Waals surface area contributed by atoms with Crippen LogP contribution in [0.15, 0.2) is 23.2 Å². The average Bonchev–Trinajstić information content (AvgIpc) is 2.67. The number of rotatable bonds is 8. The fourth-order valence-corrected chi connectivity index (χ4v) is 2.81. The maximum absolute atomic E-state index is 13.9. The van der Waals surface area contributed by atoms with Gasteiger partial charge in [-0.2, -0.15) is 0 Å². The van der Waals surface area contributed by atoms with Gasteiger partial charge in [0.25, 0.3) is 0 Å². The van der Waals surface area contributed by atoms with E-state index in [1.807, 2.05) is 13.0 Å². The molecule has 0 amide bonds. The van der Waals surface area contributed by atoms with Crippen LogP contribution in [0, 0.1) is 5.82 Å². The van der Waals surface area contributed by atoms with Crippen LogP contribution in [0.3, 0.4) is 0 Å². The summed E-state index contributed by atoms with van der Waals surface area (Å²) in [6, 6.07) is 4.87. The summed E-state index contributed by atoms with van der Waals surface area (Å²) in [5.74, 6) is 0.555. The van der Waals surface area contributed by atoms with E-state index < -0.39 is 0 Å². The number of hydrogen-bond acceptors (Lipinski definition) is 4. The quantitative estimate of drug-likeness (QED) is 0.420. The predicted octanol–water partition coefficient (Wildman–Crippen LogP) is 2.65. The molecule has 0 spiro atoms. The molecule has 6 nitrogen and oxygen atoms in total. The van der Waals surface area contributed by atoms with Gasteiger partial charge in [0.15, 0.2) is 17.5 Å². The van der Waals surface area contributed by atoms with E-state index in [2.05, 4.69) is 15.6 Å². The van der Waals surface area contributed by atoms with Crippen LogP contribution in [0.2, 0.25) is 0 Å². The van der Waals surface area contributed by atoms with E-state index in [1.54, 1.807) is 13.1 Å². The number of benzene rings is 1. The third kappa shape index (κ3) is 6.46. The fraction of sp³-hybridized carbons (Fsp3) is 0.632. The first kappa shape index (κ1) is 20.5. The molecule has 0 aromatic heterocycles. The number of aliphatic imine (C=N–C) groups is 1. The van der Waals surface area contributed by atoms with Gasteiger partial charge in [-0.05, 0) is 43.9 Å². The number of nitrogens with one attached hydrogen (secondary N) is 2. The minimum Gasteiger partial charge on any atom is -0.494 e. The Kier molecular flexibility index (Phi) is 8.64. The molecule has 0 radical (unpaired) electrons. The molecule has 1 aromatic rings. The van der Waals surface area contributed by atoms with Gasteiger partial charge >= 0.3 is 0 Å². The molecular formula is C19H30FN3O3. The van der Waals surface area contributed by atoms with Gasteiger partial charge in [-0.1, -0.05) is 6.07 Å². The molecule has 7 heteroatoms. The highest BCUT2D eigenvalue weighted by Gasteiger charge is 2.14. The van der Waals surface area contributed by atoms with Gasteiger partial charge in [0.2, 0.25) is 0 Å². The van der Waals surface area contributed by atoms with Crippen molar-refractivity contribution in [3.8, 4) is 5.75 Å². The normalized spacial score (nSPS) is 17.0. The highest BCUT2D eigenvalue weighted by atomic mass is 19.1. The van der Waals surface area contributed by atoms with Crippen molar-refractivity contribution in [2.45, 2.75) is 38.3 Å². The summed E-state index contributed by atoms with van der Waals surface area (Å²) in [7, 11) is 3.17. The molecule has 1 fully saturated rings. The summed E-state index contributed by atoms with van der Waals surface area (Å²) in [5.41, 5.74) is 0.828. The molecule has 26 heavy (non-hydrogen) atoms. The van der Waals surface area contributed by atoms with E-state index >= 15 is 0 Å². The van der Waals surface area contributed by atoms with Crippen molar-refractivity contribution in [2.75, 3.05) is 40.5 Å². The molecule has 1 atom stereocenters. The number of halogens is 1. The molecule has 1 aromatic carbocycles. The molecular weight excluding hydrogens is 337 g/mol. The molecule has 0 aliphatic carbocycles. The molecule has 1 aliphatic rings. The highest BCUT2D eigenvalue weighted by molar-refractivity contribution is 5.80. The molecule has 1 saturated heterocycles. The Balaban J connectivity index is 1.70. The molecule has 2 rings (SSSR count). The van der Waals surface area contributed by atoms with Gasteiger partial charge < -0.3 is 24.8 Å². The number of methoxy groups -OCH3 is 1. The Morgan fingerprint density at radius 1 is 1.38 bits per heavy atom. The molecule has 0 bridgehead atoms. The van der Waals surface area contributed by atoms with E-state index in [0.29, 0.717) is 18.7 Å². The lowest BCUT2D eigenvalue weighted by molar-refractivity contribution is -0.0320. The van der Waals surface area contributed by atoms with Gasteiger partial charge in [-0.15, -0.1) is 0 Å². The topological polar surface area (TPSA) is 64.1 Å². The smallest absolute Gasteiger partial charge is 0.191 e. The first-order valence-electron chi connectivity index (χ1n) is 9.14. The van der Waals surface area contributed by atoms with Crippen LogP contribution in [0.1, 0.15) is 37.8 Å². The van der Waals surface area contributed by atoms with Crippen LogP contribution in [0.4, 0.5) is 4.39 Å². The lowest BCUT2D eigenvalue weighted by Gasteiger charge is -2.22. The monoisotopic (exact) mass is 367 g/mol. The van der Waals surface area contributed by atoms with Crippen molar-refractivity contribution in [1.29, 1.82) is 0 Å². The zero-order chi connectivity index (χ0) is 18.8. The number of hydrogen-bond donors (Lipinski definition) is 2. The zero-order valence-electron chi connectivity index (χ0n) is 15.9. The number of nitrogens with zero attached hydrogens (tertiary/aromatic N) is 1. The van der Waals surface area contributed by atoms with Crippen LogP contribution in [-0.4, -0.2) is 52.6 Å². The van der Waals surface area contributed by atoms with Crippen LogP contribution >= 0.6 is 0 Å². The van der Waals surface area contributed by atoms with Crippen molar-refractivity contribution in [1.82, 2.24) is 10.6 Å². The Labute approximate surface area is 155 Å². The Bertz CT molecular complexity index is 577. The van der Waals surface area contributed by atoms with E-state index in [-0.39, 0.29) is 17.6 Å². The van der Waals surface area contributed by atoms with Crippen LogP contribution < -0.4 is 15.4 Å².